The second-order valence-corrected chi connectivity index (χ2v) is 7.23. The minimum Gasteiger partial charge on any atom is -0.497 e. The van der Waals surface area contributed by atoms with Gasteiger partial charge in [-0.05, 0) is 48.7 Å². The number of rotatable bonds is 7. The molecule has 4 aromatic rings. The van der Waals surface area contributed by atoms with Crippen molar-refractivity contribution in [1.29, 1.82) is 0 Å². The smallest absolute Gasteiger partial charge is 0.231 e. The molecular weight excluding hydrogens is 392 g/mol. The van der Waals surface area contributed by atoms with E-state index >= 15 is 0 Å². The molecule has 0 saturated carbocycles. The Morgan fingerprint density at radius 1 is 1.03 bits per heavy atom. The zero-order chi connectivity index (χ0) is 21.8. The Bertz CT molecular complexity index is 1220. The van der Waals surface area contributed by atoms with Crippen LogP contribution in [0.15, 0.2) is 60.8 Å². The van der Waals surface area contributed by atoms with Crippen LogP contribution in [0.2, 0.25) is 0 Å². The lowest BCUT2D eigenvalue weighted by atomic mass is 10.1. The molecule has 2 heterocycles. The number of nitrogens with one attached hydrogen (secondary N) is 1. The van der Waals surface area contributed by atoms with Gasteiger partial charge in [-0.2, -0.15) is 0 Å². The number of ether oxygens (including phenoxy) is 2. The fraction of sp³-hybridized carbons (Fsp3) is 0.208. The van der Waals surface area contributed by atoms with E-state index in [2.05, 4.69) is 15.4 Å². The highest BCUT2D eigenvalue weighted by Crippen LogP contribution is 2.26. The summed E-state index contributed by atoms with van der Waals surface area (Å²) in [5.41, 5.74) is 5.26. The van der Waals surface area contributed by atoms with Gasteiger partial charge >= 0.3 is 0 Å². The zero-order valence-corrected chi connectivity index (χ0v) is 17.8. The van der Waals surface area contributed by atoms with Gasteiger partial charge in [0.1, 0.15) is 5.75 Å². The number of anilines is 1. The van der Waals surface area contributed by atoms with Gasteiger partial charge in [0.15, 0.2) is 5.65 Å². The third kappa shape index (κ3) is 4.66. The van der Waals surface area contributed by atoms with E-state index in [-0.39, 0.29) is 5.91 Å². The molecule has 0 saturated heterocycles. The summed E-state index contributed by atoms with van der Waals surface area (Å²) in [5.74, 6) is 1.30. The molecule has 1 amide bonds. The Labute approximate surface area is 180 Å². The second kappa shape index (κ2) is 8.87. The highest BCUT2D eigenvalue weighted by molar-refractivity contribution is 5.92. The number of carbonyl (C=O) groups excluding carboxylic acids is 1. The Morgan fingerprint density at radius 3 is 2.58 bits per heavy atom. The van der Waals surface area contributed by atoms with Crippen molar-refractivity contribution in [3.63, 3.8) is 0 Å². The Balaban J connectivity index is 1.47. The number of imidazole rings is 1. The molecule has 0 spiro atoms. The van der Waals surface area contributed by atoms with Crippen LogP contribution in [-0.4, -0.2) is 34.7 Å². The van der Waals surface area contributed by atoms with Crippen LogP contribution in [0.1, 0.15) is 17.5 Å². The Hall–Kier alpha value is -3.87. The topological polar surface area (TPSA) is 77.8 Å². The number of nitrogens with zero attached hydrogens (tertiary/aromatic N) is 3. The zero-order valence-electron chi connectivity index (χ0n) is 17.8. The van der Waals surface area contributed by atoms with Crippen LogP contribution in [0.25, 0.3) is 16.9 Å². The number of fused-ring (bicyclic) bond motifs is 1. The van der Waals surface area contributed by atoms with E-state index in [4.69, 9.17) is 9.47 Å². The summed E-state index contributed by atoms with van der Waals surface area (Å²) in [6, 6.07) is 17.3. The van der Waals surface area contributed by atoms with Crippen LogP contribution in [0, 0.1) is 6.92 Å². The van der Waals surface area contributed by atoms with Crippen molar-refractivity contribution in [3.05, 3.63) is 71.9 Å². The SMILES string of the molecule is COc1ccc(CCC(=O)Nc2cc(-c3cn4nc(OC)ccc4n3)ccc2C)cc1. The van der Waals surface area contributed by atoms with Crippen LogP contribution in [0.4, 0.5) is 5.69 Å². The molecule has 0 aliphatic rings. The first-order valence-electron chi connectivity index (χ1n) is 10.00. The van der Waals surface area contributed by atoms with Gasteiger partial charge < -0.3 is 14.8 Å². The molecule has 1 N–H and O–H groups in total. The van der Waals surface area contributed by atoms with E-state index in [1.165, 1.54) is 0 Å². The van der Waals surface area contributed by atoms with Gasteiger partial charge in [-0.15, -0.1) is 5.10 Å². The van der Waals surface area contributed by atoms with E-state index < -0.39 is 0 Å². The monoisotopic (exact) mass is 416 g/mol. The summed E-state index contributed by atoms with van der Waals surface area (Å²) >= 11 is 0. The molecule has 4 rings (SSSR count). The fourth-order valence-electron chi connectivity index (χ4n) is 3.29. The Kier molecular flexibility index (Phi) is 5.84. The molecule has 0 radical (unpaired) electrons. The van der Waals surface area contributed by atoms with Crippen LogP contribution >= 0.6 is 0 Å². The molecule has 0 unspecified atom stereocenters. The van der Waals surface area contributed by atoms with Gasteiger partial charge in [-0.25, -0.2) is 9.50 Å². The number of carbonyl (C=O) groups is 1. The fourth-order valence-corrected chi connectivity index (χ4v) is 3.29. The molecule has 2 aromatic carbocycles. The van der Waals surface area contributed by atoms with Gasteiger partial charge in [0.2, 0.25) is 11.8 Å². The molecule has 0 atom stereocenters. The molecule has 0 aliphatic heterocycles. The highest BCUT2D eigenvalue weighted by atomic mass is 16.5. The van der Waals surface area contributed by atoms with Gasteiger partial charge in [-0.3, -0.25) is 4.79 Å². The van der Waals surface area contributed by atoms with Crippen molar-refractivity contribution in [3.8, 4) is 22.9 Å². The predicted molar refractivity (Wildman–Crippen MR) is 120 cm³/mol. The normalized spacial score (nSPS) is 10.8. The number of hydrogen-bond acceptors (Lipinski definition) is 5. The van der Waals surface area contributed by atoms with E-state index in [1.54, 1.807) is 24.8 Å². The first-order chi connectivity index (χ1) is 15.1. The summed E-state index contributed by atoms with van der Waals surface area (Å²) in [6.07, 6.45) is 2.90. The average Bonchev–Trinajstić information content (AvgIpc) is 3.22. The van der Waals surface area contributed by atoms with Gasteiger partial charge in [0, 0.05) is 23.7 Å². The average molecular weight is 416 g/mol. The van der Waals surface area contributed by atoms with Gasteiger partial charge in [-0.1, -0.05) is 24.3 Å². The molecule has 0 aliphatic carbocycles. The first-order valence-corrected chi connectivity index (χ1v) is 10.00. The van der Waals surface area contributed by atoms with E-state index in [0.29, 0.717) is 18.7 Å². The van der Waals surface area contributed by atoms with Crippen molar-refractivity contribution in [1.82, 2.24) is 14.6 Å². The van der Waals surface area contributed by atoms with Crippen molar-refractivity contribution in [2.45, 2.75) is 19.8 Å². The molecule has 7 heteroatoms. The molecule has 0 bridgehead atoms. The molecule has 7 nitrogen and oxygen atoms in total. The predicted octanol–water partition coefficient (Wildman–Crippen LogP) is 4.29. The van der Waals surface area contributed by atoms with E-state index in [0.717, 1.165) is 39.5 Å². The lowest BCUT2D eigenvalue weighted by molar-refractivity contribution is -0.116. The minimum atomic E-state index is -0.0301. The molecule has 2 aromatic heterocycles. The standard InChI is InChI=1S/C24H24N4O3/c1-16-4-8-18(21-15-28-22(25-21)11-13-24(27-28)31-3)14-20(16)26-23(29)12-7-17-5-9-19(30-2)10-6-17/h4-6,8-11,13-15H,7,12H2,1-3H3,(H,26,29). The van der Waals surface area contributed by atoms with Crippen LogP contribution in [-0.2, 0) is 11.2 Å². The van der Waals surface area contributed by atoms with Crippen molar-refractivity contribution >= 4 is 17.2 Å². The molecule has 158 valence electrons. The minimum absolute atomic E-state index is 0.0301. The summed E-state index contributed by atoms with van der Waals surface area (Å²) in [7, 11) is 3.22. The van der Waals surface area contributed by atoms with Crippen molar-refractivity contribution in [2.75, 3.05) is 19.5 Å². The maximum atomic E-state index is 12.5. The third-order valence-electron chi connectivity index (χ3n) is 5.11. The second-order valence-electron chi connectivity index (χ2n) is 7.23. The van der Waals surface area contributed by atoms with Gasteiger partial charge in [0.25, 0.3) is 0 Å². The van der Waals surface area contributed by atoms with Crippen molar-refractivity contribution < 1.29 is 14.3 Å². The molecular formula is C24H24N4O3. The molecule has 0 fully saturated rings. The number of benzene rings is 2. The number of aryl methyl sites for hydroxylation is 2. The largest absolute Gasteiger partial charge is 0.497 e. The van der Waals surface area contributed by atoms with Crippen molar-refractivity contribution in [2.24, 2.45) is 0 Å². The van der Waals surface area contributed by atoms with Crippen LogP contribution in [0.3, 0.4) is 0 Å². The first kappa shape index (κ1) is 20.4. The summed E-state index contributed by atoms with van der Waals surface area (Å²) in [6.45, 7) is 1.97. The summed E-state index contributed by atoms with van der Waals surface area (Å²) in [4.78, 5) is 17.2. The van der Waals surface area contributed by atoms with E-state index in [9.17, 15) is 4.79 Å². The van der Waals surface area contributed by atoms with Crippen LogP contribution in [0.5, 0.6) is 11.6 Å². The molecule has 31 heavy (non-hydrogen) atoms. The quantitative estimate of drug-likeness (QED) is 0.486. The third-order valence-corrected chi connectivity index (χ3v) is 5.11. The lowest BCUT2D eigenvalue weighted by Gasteiger charge is -2.10. The maximum Gasteiger partial charge on any atom is 0.231 e. The summed E-state index contributed by atoms with van der Waals surface area (Å²) in [5, 5.41) is 7.38. The number of methoxy groups -OCH3 is 2. The van der Waals surface area contributed by atoms with E-state index in [1.807, 2.05) is 61.7 Å². The number of aromatic nitrogens is 3. The summed E-state index contributed by atoms with van der Waals surface area (Å²) < 4.78 is 12.0. The Morgan fingerprint density at radius 2 is 1.84 bits per heavy atom. The number of amides is 1. The highest BCUT2D eigenvalue weighted by Gasteiger charge is 2.11. The lowest BCUT2D eigenvalue weighted by Crippen LogP contribution is -2.13. The number of hydrogen-bond donors (Lipinski definition) is 1. The van der Waals surface area contributed by atoms with Gasteiger partial charge in [0.05, 0.1) is 26.1 Å². The maximum absolute atomic E-state index is 12.5. The van der Waals surface area contributed by atoms with Crippen LogP contribution < -0.4 is 14.8 Å².